The average molecular weight is 218 g/mol. The summed E-state index contributed by atoms with van der Waals surface area (Å²) in [4.78, 5) is 14.1. The lowest BCUT2D eigenvalue weighted by atomic mass is 9.88. The number of rotatable bonds is 2. The molecule has 1 aromatic rings. The maximum absolute atomic E-state index is 12.4. The quantitative estimate of drug-likeness (QED) is 0.818. The fourth-order valence-electron chi connectivity index (χ4n) is 2.17. The zero-order valence-electron chi connectivity index (χ0n) is 9.86. The topological polar surface area (TPSA) is 32.3 Å². The van der Waals surface area contributed by atoms with E-state index < -0.39 is 0 Å². The first kappa shape index (κ1) is 11.1. The lowest BCUT2D eigenvalue weighted by Gasteiger charge is -2.28. The van der Waals surface area contributed by atoms with Crippen LogP contribution >= 0.6 is 0 Å². The SMILES string of the molecule is CN(C(=O)C1(C)CCNC1)c1ccccc1. The molecule has 0 aliphatic carbocycles. The normalized spacial score (nSPS) is 24.4. The lowest BCUT2D eigenvalue weighted by molar-refractivity contribution is -0.126. The Kier molecular flexibility index (Phi) is 2.97. The van der Waals surface area contributed by atoms with Gasteiger partial charge in [-0.3, -0.25) is 4.79 Å². The molecule has 0 spiro atoms. The van der Waals surface area contributed by atoms with Gasteiger partial charge < -0.3 is 10.2 Å². The van der Waals surface area contributed by atoms with Gasteiger partial charge in [0, 0.05) is 19.3 Å². The number of carbonyl (C=O) groups is 1. The van der Waals surface area contributed by atoms with Crippen molar-refractivity contribution in [2.75, 3.05) is 25.0 Å². The van der Waals surface area contributed by atoms with Crippen LogP contribution in [0.4, 0.5) is 5.69 Å². The standard InChI is InChI=1S/C13H18N2O/c1-13(8-9-14-10-13)12(16)15(2)11-6-4-3-5-7-11/h3-7,14H,8-10H2,1-2H3. The van der Waals surface area contributed by atoms with Crippen LogP contribution in [0.5, 0.6) is 0 Å². The minimum Gasteiger partial charge on any atom is -0.316 e. The first-order chi connectivity index (χ1) is 7.63. The number of para-hydroxylation sites is 1. The third-order valence-electron chi connectivity index (χ3n) is 3.33. The summed E-state index contributed by atoms with van der Waals surface area (Å²) in [5.74, 6) is 0.198. The minimum atomic E-state index is -0.245. The Labute approximate surface area is 96.5 Å². The van der Waals surface area contributed by atoms with Crippen LogP contribution in [0, 0.1) is 5.41 Å². The van der Waals surface area contributed by atoms with Crippen LogP contribution < -0.4 is 10.2 Å². The second-order valence-corrected chi connectivity index (χ2v) is 4.69. The van der Waals surface area contributed by atoms with Crippen molar-refractivity contribution in [3.05, 3.63) is 30.3 Å². The van der Waals surface area contributed by atoms with Crippen molar-refractivity contribution in [2.45, 2.75) is 13.3 Å². The highest BCUT2D eigenvalue weighted by atomic mass is 16.2. The van der Waals surface area contributed by atoms with E-state index in [2.05, 4.69) is 5.32 Å². The molecule has 3 nitrogen and oxygen atoms in total. The molecular formula is C13H18N2O. The van der Waals surface area contributed by atoms with E-state index in [0.29, 0.717) is 0 Å². The Morgan fingerprint density at radius 3 is 2.62 bits per heavy atom. The van der Waals surface area contributed by atoms with Gasteiger partial charge in [0.2, 0.25) is 5.91 Å². The average Bonchev–Trinajstić information content (AvgIpc) is 2.77. The number of hydrogen-bond acceptors (Lipinski definition) is 2. The molecule has 0 saturated carbocycles. The highest BCUT2D eigenvalue weighted by Crippen LogP contribution is 2.28. The van der Waals surface area contributed by atoms with E-state index >= 15 is 0 Å². The third-order valence-corrected chi connectivity index (χ3v) is 3.33. The fraction of sp³-hybridized carbons (Fsp3) is 0.462. The summed E-state index contributed by atoms with van der Waals surface area (Å²) < 4.78 is 0. The monoisotopic (exact) mass is 218 g/mol. The lowest BCUT2D eigenvalue weighted by Crippen LogP contribution is -2.41. The Bertz CT molecular complexity index is 369. The molecule has 2 rings (SSSR count). The number of amides is 1. The Balaban J connectivity index is 2.16. The van der Waals surface area contributed by atoms with Gasteiger partial charge in [0.15, 0.2) is 0 Å². The van der Waals surface area contributed by atoms with Crippen LogP contribution in [0.2, 0.25) is 0 Å². The molecule has 3 heteroatoms. The van der Waals surface area contributed by atoms with Crippen molar-refractivity contribution in [1.82, 2.24) is 5.32 Å². The van der Waals surface area contributed by atoms with Gasteiger partial charge in [-0.2, -0.15) is 0 Å². The number of nitrogens with zero attached hydrogens (tertiary/aromatic N) is 1. The molecule has 0 aromatic heterocycles. The van der Waals surface area contributed by atoms with Crippen molar-refractivity contribution in [1.29, 1.82) is 0 Å². The molecule has 1 saturated heterocycles. The number of benzene rings is 1. The second kappa shape index (κ2) is 4.26. The first-order valence-corrected chi connectivity index (χ1v) is 5.67. The predicted molar refractivity (Wildman–Crippen MR) is 65.4 cm³/mol. The van der Waals surface area contributed by atoms with Gasteiger partial charge >= 0.3 is 0 Å². The highest BCUT2D eigenvalue weighted by molar-refractivity contribution is 5.97. The van der Waals surface area contributed by atoms with Gasteiger partial charge in [-0.1, -0.05) is 18.2 Å². The van der Waals surface area contributed by atoms with E-state index in [1.165, 1.54) is 0 Å². The maximum atomic E-state index is 12.4. The smallest absolute Gasteiger partial charge is 0.233 e. The van der Waals surface area contributed by atoms with Crippen LogP contribution in [0.1, 0.15) is 13.3 Å². The highest BCUT2D eigenvalue weighted by Gasteiger charge is 2.38. The molecule has 1 amide bonds. The van der Waals surface area contributed by atoms with Gasteiger partial charge in [0.25, 0.3) is 0 Å². The van der Waals surface area contributed by atoms with Crippen LogP contribution in [0.3, 0.4) is 0 Å². The fourth-order valence-corrected chi connectivity index (χ4v) is 2.17. The number of nitrogens with one attached hydrogen (secondary N) is 1. The summed E-state index contributed by atoms with van der Waals surface area (Å²) >= 11 is 0. The molecule has 0 radical (unpaired) electrons. The van der Waals surface area contributed by atoms with E-state index in [0.717, 1.165) is 25.2 Å². The largest absolute Gasteiger partial charge is 0.316 e. The van der Waals surface area contributed by atoms with Crippen LogP contribution in [0.15, 0.2) is 30.3 Å². The Hall–Kier alpha value is -1.35. The summed E-state index contributed by atoms with van der Waals surface area (Å²) in [5, 5.41) is 3.25. The molecule has 1 aliphatic heterocycles. The molecule has 1 N–H and O–H groups in total. The second-order valence-electron chi connectivity index (χ2n) is 4.69. The number of carbonyl (C=O) groups excluding carboxylic acids is 1. The zero-order chi connectivity index (χ0) is 11.6. The van der Waals surface area contributed by atoms with Crippen LogP contribution in [-0.4, -0.2) is 26.0 Å². The van der Waals surface area contributed by atoms with E-state index in [9.17, 15) is 4.79 Å². The van der Waals surface area contributed by atoms with Crippen molar-refractivity contribution in [3.8, 4) is 0 Å². The van der Waals surface area contributed by atoms with Crippen molar-refractivity contribution < 1.29 is 4.79 Å². The van der Waals surface area contributed by atoms with Gasteiger partial charge in [-0.05, 0) is 32.0 Å². The first-order valence-electron chi connectivity index (χ1n) is 5.67. The summed E-state index contributed by atoms with van der Waals surface area (Å²) in [6, 6.07) is 9.79. The maximum Gasteiger partial charge on any atom is 0.233 e. The van der Waals surface area contributed by atoms with Gasteiger partial charge in [-0.25, -0.2) is 0 Å². The molecule has 16 heavy (non-hydrogen) atoms. The van der Waals surface area contributed by atoms with Gasteiger partial charge in [-0.15, -0.1) is 0 Å². The minimum absolute atomic E-state index is 0.198. The van der Waals surface area contributed by atoms with E-state index in [4.69, 9.17) is 0 Å². The van der Waals surface area contributed by atoms with E-state index in [1.54, 1.807) is 4.90 Å². The third kappa shape index (κ3) is 1.95. The molecule has 1 atom stereocenters. The number of anilines is 1. The number of hydrogen-bond donors (Lipinski definition) is 1. The van der Waals surface area contributed by atoms with Gasteiger partial charge in [0.05, 0.1) is 5.41 Å². The summed E-state index contributed by atoms with van der Waals surface area (Å²) in [7, 11) is 1.85. The molecule has 1 heterocycles. The molecule has 1 fully saturated rings. The van der Waals surface area contributed by atoms with Crippen LogP contribution in [0.25, 0.3) is 0 Å². The van der Waals surface area contributed by atoms with Crippen molar-refractivity contribution in [3.63, 3.8) is 0 Å². The van der Waals surface area contributed by atoms with Gasteiger partial charge in [0.1, 0.15) is 0 Å². The molecule has 1 unspecified atom stereocenters. The Morgan fingerprint density at radius 2 is 2.06 bits per heavy atom. The van der Waals surface area contributed by atoms with Crippen molar-refractivity contribution >= 4 is 11.6 Å². The Morgan fingerprint density at radius 1 is 1.38 bits per heavy atom. The van der Waals surface area contributed by atoms with Crippen LogP contribution in [-0.2, 0) is 4.79 Å². The molecule has 86 valence electrons. The summed E-state index contributed by atoms with van der Waals surface area (Å²) in [6.07, 6.45) is 0.920. The van der Waals surface area contributed by atoms with E-state index in [1.807, 2.05) is 44.3 Å². The predicted octanol–water partition coefficient (Wildman–Crippen LogP) is 1.65. The summed E-state index contributed by atoms with van der Waals surface area (Å²) in [5.41, 5.74) is 0.713. The zero-order valence-corrected chi connectivity index (χ0v) is 9.86. The molecular weight excluding hydrogens is 200 g/mol. The molecule has 1 aliphatic rings. The van der Waals surface area contributed by atoms with E-state index in [-0.39, 0.29) is 11.3 Å². The van der Waals surface area contributed by atoms with Crippen molar-refractivity contribution in [2.24, 2.45) is 5.41 Å². The molecule has 1 aromatic carbocycles. The molecule has 0 bridgehead atoms. The summed E-state index contributed by atoms with van der Waals surface area (Å²) in [6.45, 7) is 3.75.